The normalized spacial score (nSPS) is 14.6. The number of nitrogens with zero attached hydrogens (tertiary/aromatic N) is 2. The highest BCUT2D eigenvalue weighted by Crippen LogP contribution is 2.36. The average Bonchev–Trinajstić information content (AvgIpc) is 3.15. The summed E-state index contributed by atoms with van der Waals surface area (Å²) < 4.78 is 5.89. The van der Waals surface area contributed by atoms with E-state index in [1.165, 1.54) is 5.56 Å². The largest absolute Gasteiger partial charge is 0.509 e. The molecule has 0 spiro atoms. The molecule has 0 bridgehead atoms. The van der Waals surface area contributed by atoms with Crippen LogP contribution in [0.5, 0.6) is 5.75 Å². The van der Waals surface area contributed by atoms with Crippen LogP contribution in [0.1, 0.15) is 30.8 Å². The first-order valence-electron chi connectivity index (χ1n) is 9.36. The summed E-state index contributed by atoms with van der Waals surface area (Å²) in [6.45, 7) is 8.24. The summed E-state index contributed by atoms with van der Waals surface area (Å²) in [6.07, 6.45) is 0.0146. The number of benzene rings is 2. The molecule has 1 aliphatic rings. The second kappa shape index (κ2) is 6.71. The third-order valence-corrected chi connectivity index (χ3v) is 4.96. The number of H-pyrrole nitrogens is 1. The second-order valence-corrected chi connectivity index (χ2v) is 7.43. The van der Waals surface area contributed by atoms with E-state index in [2.05, 4.69) is 16.9 Å². The Balaban J connectivity index is 1.72. The quantitative estimate of drug-likeness (QED) is 0.614. The number of rotatable bonds is 4. The van der Waals surface area contributed by atoms with Gasteiger partial charge in [0.25, 0.3) is 0 Å². The molecule has 1 aliphatic heterocycles. The summed E-state index contributed by atoms with van der Waals surface area (Å²) in [7, 11) is 0. The van der Waals surface area contributed by atoms with E-state index in [0.717, 1.165) is 22.3 Å². The zero-order chi connectivity index (χ0) is 20.0. The maximum Gasteiger partial charge on any atom is 0.145 e. The van der Waals surface area contributed by atoms with E-state index in [0.29, 0.717) is 17.1 Å². The highest BCUT2D eigenvalue weighted by molar-refractivity contribution is 6.30. The Bertz CT molecular complexity index is 1070. The fourth-order valence-electron chi connectivity index (χ4n) is 3.46. The average molecular weight is 376 g/mol. The molecule has 1 aromatic heterocycles. The minimum atomic E-state index is 0.0146. The van der Waals surface area contributed by atoms with Crippen molar-refractivity contribution in [2.45, 2.75) is 33.8 Å². The van der Waals surface area contributed by atoms with Gasteiger partial charge in [-0.05, 0) is 63.1 Å². The molecule has 3 N–H and O–H groups in total. The Morgan fingerprint density at radius 2 is 1.89 bits per heavy atom. The lowest BCUT2D eigenvalue weighted by Gasteiger charge is -2.23. The van der Waals surface area contributed by atoms with E-state index < -0.39 is 0 Å². The molecular formula is C22H24N4O2. The summed E-state index contributed by atoms with van der Waals surface area (Å²) in [5.41, 5.74) is 5.23. The molecule has 0 radical (unpaired) electrons. The van der Waals surface area contributed by atoms with Crippen molar-refractivity contribution >= 4 is 28.1 Å². The molecule has 0 fully saturated rings. The van der Waals surface area contributed by atoms with Gasteiger partial charge in [-0.2, -0.15) is 0 Å². The van der Waals surface area contributed by atoms with Gasteiger partial charge in [0.05, 0.1) is 34.9 Å². The smallest absolute Gasteiger partial charge is 0.145 e. The van der Waals surface area contributed by atoms with Crippen molar-refractivity contribution in [1.29, 1.82) is 5.41 Å². The first-order valence-corrected chi connectivity index (χ1v) is 9.36. The van der Waals surface area contributed by atoms with E-state index in [-0.39, 0.29) is 24.2 Å². The van der Waals surface area contributed by atoms with Gasteiger partial charge in [0.15, 0.2) is 0 Å². The van der Waals surface area contributed by atoms with Gasteiger partial charge in [-0.25, -0.2) is 4.98 Å². The van der Waals surface area contributed by atoms with Crippen LogP contribution in [0, 0.1) is 19.3 Å². The topological polar surface area (TPSA) is 85.2 Å². The maximum atomic E-state index is 10.6. The summed E-state index contributed by atoms with van der Waals surface area (Å²) in [5.74, 6) is 1.51. The van der Waals surface area contributed by atoms with Crippen molar-refractivity contribution < 1.29 is 9.84 Å². The molecule has 3 aromatic rings. The number of amidine groups is 1. The van der Waals surface area contributed by atoms with Gasteiger partial charge < -0.3 is 19.7 Å². The minimum Gasteiger partial charge on any atom is -0.509 e. The first kappa shape index (κ1) is 18.1. The number of fused-ring (bicyclic) bond motifs is 1. The summed E-state index contributed by atoms with van der Waals surface area (Å²) in [4.78, 5) is 9.62. The molecule has 0 aliphatic carbocycles. The molecule has 0 unspecified atom stereocenters. The van der Waals surface area contributed by atoms with Crippen LogP contribution >= 0.6 is 0 Å². The molecule has 6 heteroatoms. The Morgan fingerprint density at radius 1 is 1.18 bits per heavy atom. The molecule has 0 amide bonds. The standard InChI is InChI=1S/C22H24N4O2/c1-12(2)28-19-8-6-5-7-17(19)26-11-18(27)20(21(26)23)22-24-15-9-13(3)14(4)10-16(15)25-22/h5-10,12,23,27H,11H2,1-4H3,(H,24,25). The molecule has 2 aromatic carbocycles. The number of hydrogen-bond donors (Lipinski definition) is 3. The van der Waals surface area contributed by atoms with E-state index >= 15 is 0 Å². The van der Waals surface area contributed by atoms with Gasteiger partial charge >= 0.3 is 0 Å². The maximum absolute atomic E-state index is 10.6. The minimum absolute atomic E-state index is 0.0146. The molecule has 144 valence electrons. The number of aromatic nitrogens is 2. The SMILES string of the molecule is Cc1cc2nc(C3=C(O)CN(c4ccccc4OC(C)C)C3=N)[nH]c2cc1C. The van der Waals surface area contributed by atoms with Gasteiger partial charge in [-0.1, -0.05) is 12.1 Å². The van der Waals surface area contributed by atoms with Crippen molar-refractivity contribution in [3.63, 3.8) is 0 Å². The van der Waals surface area contributed by atoms with Crippen LogP contribution in [0.4, 0.5) is 5.69 Å². The fraction of sp³-hybridized carbons (Fsp3) is 0.273. The molecule has 6 nitrogen and oxygen atoms in total. The van der Waals surface area contributed by atoms with Gasteiger partial charge in [0, 0.05) is 0 Å². The molecule has 28 heavy (non-hydrogen) atoms. The van der Waals surface area contributed by atoms with Crippen LogP contribution in [0.15, 0.2) is 42.2 Å². The number of anilines is 1. The summed E-state index contributed by atoms with van der Waals surface area (Å²) in [5, 5.41) is 19.3. The number of imidazole rings is 1. The van der Waals surface area contributed by atoms with Crippen LogP contribution in [0.25, 0.3) is 16.6 Å². The number of para-hydroxylation sites is 2. The number of aliphatic hydroxyl groups is 1. The van der Waals surface area contributed by atoms with Crippen molar-refractivity contribution in [2.24, 2.45) is 0 Å². The van der Waals surface area contributed by atoms with E-state index in [1.54, 1.807) is 4.90 Å². The number of aryl methyl sites for hydroxylation is 2. The van der Waals surface area contributed by atoms with Crippen LogP contribution in [-0.2, 0) is 0 Å². The van der Waals surface area contributed by atoms with Crippen molar-refractivity contribution in [3.05, 3.63) is 59.1 Å². The predicted molar refractivity (Wildman–Crippen MR) is 112 cm³/mol. The van der Waals surface area contributed by atoms with Gasteiger partial charge in [-0.3, -0.25) is 5.41 Å². The van der Waals surface area contributed by atoms with Gasteiger partial charge in [0.2, 0.25) is 0 Å². The number of ether oxygens (including phenoxy) is 1. The van der Waals surface area contributed by atoms with Crippen molar-refractivity contribution in [2.75, 3.05) is 11.4 Å². The Morgan fingerprint density at radius 3 is 2.64 bits per heavy atom. The van der Waals surface area contributed by atoms with Crippen LogP contribution in [0.3, 0.4) is 0 Å². The summed E-state index contributed by atoms with van der Waals surface area (Å²) in [6, 6.07) is 11.6. The number of aromatic amines is 1. The summed E-state index contributed by atoms with van der Waals surface area (Å²) >= 11 is 0. The molecule has 0 saturated carbocycles. The Kier molecular flexibility index (Phi) is 4.34. The molecule has 0 atom stereocenters. The second-order valence-electron chi connectivity index (χ2n) is 7.43. The van der Waals surface area contributed by atoms with Crippen LogP contribution in [-0.4, -0.2) is 33.6 Å². The van der Waals surface area contributed by atoms with Crippen LogP contribution in [0.2, 0.25) is 0 Å². The van der Waals surface area contributed by atoms with Gasteiger partial charge in [0.1, 0.15) is 23.2 Å². The molecule has 2 heterocycles. The highest BCUT2D eigenvalue weighted by atomic mass is 16.5. The monoisotopic (exact) mass is 376 g/mol. The van der Waals surface area contributed by atoms with Crippen molar-refractivity contribution in [3.8, 4) is 5.75 Å². The number of nitrogens with one attached hydrogen (secondary N) is 2. The lowest BCUT2D eigenvalue weighted by atomic mass is 10.1. The molecule has 0 saturated heterocycles. The number of aliphatic hydroxyl groups excluding tert-OH is 1. The van der Waals surface area contributed by atoms with E-state index in [9.17, 15) is 5.11 Å². The fourth-order valence-corrected chi connectivity index (χ4v) is 3.46. The van der Waals surface area contributed by atoms with E-state index in [1.807, 2.05) is 57.2 Å². The third kappa shape index (κ3) is 3.01. The predicted octanol–water partition coefficient (Wildman–Crippen LogP) is 4.73. The lowest BCUT2D eigenvalue weighted by molar-refractivity contribution is 0.243. The lowest BCUT2D eigenvalue weighted by Crippen LogP contribution is -2.27. The zero-order valence-electron chi connectivity index (χ0n) is 16.5. The Labute approximate surface area is 164 Å². The number of hydrogen-bond acceptors (Lipinski definition) is 4. The molecular weight excluding hydrogens is 352 g/mol. The highest BCUT2D eigenvalue weighted by Gasteiger charge is 2.32. The Hall–Kier alpha value is -3.28. The van der Waals surface area contributed by atoms with Gasteiger partial charge in [-0.15, -0.1) is 0 Å². The molecule has 4 rings (SSSR count). The first-order chi connectivity index (χ1) is 13.3. The third-order valence-electron chi connectivity index (χ3n) is 4.96. The van der Waals surface area contributed by atoms with Crippen molar-refractivity contribution in [1.82, 2.24) is 9.97 Å². The zero-order valence-corrected chi connectivity index (χ0v) is 16.5. The van der Waals surface area contributed by atoms with Crippen LogP contribution < -0.4 is 9.64 Å². The van der Waals surface area contributed by atoms with E-state index in [4.69, 9.17) is 10.1 Å².